The van der Waals surface area contributed by atoms with Crippen LogP contribution in [-0.2, 0) is 9.47 Å². The Morgan fingerprint density at radius 3 is 2.31 bits per heavy atom. The zero-order valence-corrected chi connectivity index (χ0v) is 7.75. The molecule has 0 spiro atoms. The fourth-order valence-corrected chi connectivity index (χ4v) is 1.51. The van der Waals surface area contributed by atoms with E-state index in [9.17, 15) is 15.3 Å². The minimum absolute atomic E-state index is 0.531. The first-order valence-corrected chi connectivity index (χ1v) is 4.34. The summed E-state index contributed by atoms with van der Waals surface area (Å²) in [6, 6.07) is 0. The molecule has 1 rings (SSSR count). The van der Waals surface area contributed by atoms with Gasteiger partial charge >= 0.3 is 0 Å². The molecule has 1 saturated heterocycles. The molecule has 0 saturated carbocycles. The summed E-state index contributed by atoms with van der Waals surface area (Å²) in [5.74, 6) is 0. The van der Waals surface area contributed by atoms with Crippen LogP contribution in [0.25, 0.3) is 0 Å². The second kappa shape index (κ2) is 4.34. The Morgan fingerprint density at radius 2 is 1.85 bits per heavy atom. The molecule has 5 atom stereocenters. The van der Waals surface area contributed by atoms with E-state index in [0.29, 0.717) is 6.42 Å². The van der Waals surface area contributed by atoms with E-state index >= 15 is 0 Å². The molecule has 13 heavy (non-hydrogen) atoms. The highest BCUT2D eigenvalue weighted by atomic mass is 16.7. The molecule has 0 aliphatic carbocycles. The first-order valence-electron chi connectivity index (χ1n) is 4.34. The van der Waals surface area contributed by atoms with Crippen molar-refractivity contribution in [1.29, 1.82) is 0 Å². The molecule has 1 aliphatic rings. The van der Waals surface area contributed by atoms with Crippen molar-refractivity contribution in [1.82, 2.24) is 0 Å². The Kier molecular flexibility index (Phi) is 3.63. The number of methoxy groups -OCH3 is 1. The maximum atomic E-state index is 9.49. The van der Waals surface area contributed by atoms with E-state index in [4.69, 9.17) is 9.47 Å². The Bertz CT molecular complexity index is 163. The van der Waals surface area contributed by atoms with Crippen molar-refractivity contribution in [3.05, 3.63) is 0 Å². The van der Waals surface area contributed by atoms with Crippen LogP contribution in [0, 0.1) is 0 Å². The molecule has 0 bridgehead atoms. The van der Waals surface area contributed by atoms with E-state index in [0.717, 1.165) is 0 Å². The van der Waals surface area contributed by atoms with Crippen LogP contribution in [0.15, 0.2) is 0 Å². The molecule has 1 heterocycles. The monoisotopic (exact) mass is 192 g/mol. The lowest BCUT2D eigenvalue weighted by Crippen LogP contribution is -2.57. The lowest BCUT2D eigenvalue weighted by atomic mass is 9.97. The van der Waals surface area contributed by atoms with Gasteiger partial charge in [-0.1, -0.05) is 6.92 Å². The number of hydrogen-bond donors (Lipinski definition) is 3. The van der Waals surface area contributed by atoms with Gasteiger partial charge in [0.05, 0.1) is 6.10 Å². The predicted octanol–water partition coefficient (Wildman–Crippen LogP) is -1.15. The summed E-state index contributed by atoms with van der Waals surface area (Å²) in [4.78, 5) is 0. The summed E-state index contributed by atoms with van der Waals surface area (Å²) in [7, 11) is 1.35. The Morgan fingerprint density at radius 1 is 1.23 bits per heavy atom. The lowest BCUT2D eigenvalue weighted by molar-refractivity contribution is -0.287. The summed E-state index contributed by atoms with van der Waals surface area (Å²) in [5, 5.41) is 28.3. The third-order valence-electron chi connectivity index (χ3n) is 2.34. The second-order valence-corrected chi connectivity index (χ2v) is 3.15. The van der Waals surface area contributed by atoms with Gasteiger partial charge in [-0.2, -0.15) is 0 Å². The normalized spacial score (nSPS) is 46.4. The van der Waals surface area contributed by atoms with Crippen LogP contribution < -0.4 is 0 Å². The van der Waals surface area contributed by atoms with Gasteiger partial charge < -0.3 is 24.8 Å². The molecule has 5 nitrogen and oxygen atoms in total. The topological polar surface area (TPSA) is 79.2 Å². The van der Waals surface area contributed by atoms with E-state index in [-0.39, 0.29) is 0 Å². The molecule has 0 radical (unpaired) electrons. The van der Waals surface area contributed by atoms with Crippen LogP contribution in [0.1, 0.15) is 13.3 Å². The van der Waals surface area contributed by atoms with Crippen molar-refractivity contribution in [2.24, 2.45) is 0 Å². The van der Waals surface area contributed by atoms with E-state index in [2.05, 4.69) is 0 Å². The summed E-state index contributed by atoms with van der Waals surface area (Å²) in [5.41, 5.74) is 0. The molecule has 0 amide bonds. The quantitative estimate of drug-likeness (QED) is 0.515. The fourth-order valence-electron chi connectivity index (χ4n) is 1.51. The highest BCUT2D eigenvalue weighted by Gasteiger charge is 2.43. The maximum absolute atomic E-state index is 9.49. The molecular weight excluding hydrogens is 176 g/mol. The average Bonchev–Trinajstić information content (AvgIpc) is 2.12. The number of aliphatic hydroxyl groups is 3. The van der Waals surface area contributed by atoms with Gasteiger partial charge in [0.2, 0.25) is 0 Å². The van der Waals surface area contributed by atoms with Crippen molar-refractivity contribution in [2.75, 3.05) is 7.11 Å². The largest absolute Gasteiger partial charge is 0.388 e. The van der Waals surface area contributed by atoms with E-state index in [1.54, 1.807) is 6.92 Å². The molecule has 78 valence electrons. The van der Waals surface area contributed by atoms with Crippen molar-refractivity contribution in [3.63, 3.8) is 0 Å². The zero-order valence-electron chi connectivity index (χ0n) is 7.75. The zero-order chi connectivity index (χ0) is 10.0. The van der Waals surface area contributed by atoms with Crippen molar-refractivity contribution in [2.45, 2.75) is 44.1 Å². The molecule has 0 aromatic heterocycles. The smallest absolute Gasteiger partial charge is 0.184 e. The second-order valence-electron chi connectivity index (χ2n) is 3.15. The summed E-state index contributed by atoms with van der Waals surface area (Å²) >= 11 is 0. The molecule has 0 aromatic carbocycles. The summed E-state index contributed by atoms with van der Waals surface area (Å²) < 4.78 is 9.84. The van der Waals surface area contributed by atoms with Gasteiger partial charge in [-0.25, -0.2) is 0 Å². The average molecular weight is 192 g/mol. The van der Waals surface area contributed by atoms with Gasteiger partial charge in [0, 0.05) is 7.11 Å². The van der Waals surface area contributed by atoms with Crippen LogP contribution in [0.2, 0.25) is 0 Å². The van der Waals surface area contributed by atoms with E-state index in [1.165, 1.54) is 7.11 Å². The third-order valence-corrected chi connectivity index (χ3v) is 2.34. The number of hydrogen-bond acceptors (Lipinski definition) is 5. The van der Waals surface area contributed by atoms with E-state index in [1.807, 2.05) is 0 Å². The van der Waals surface area contributed by atoms with Gasteiger partial charge in [-0.05, 0) is 6.42 Å². The summed E-state index contributed by atoms with van der Waals surface area (Å²) in [6.45, 7) is 1.81. The van der Waals surface area contributed by atoms with Crippen LogP contribution in [0.4, 0.5) is 0 Å². The van der Waals surface area contributed by atoms with Crippen LogP contribution in [0.5, 0.6) is 0 Å². The van der Waals surface area contributed by atoms with Gasteiger partial charge in [0.25, 0.3) is 0 Å². The summed E-state index contributed by atoms with van der Waals surface area (Å²) in [6.07, 6.45) is -4.15. The standard InChI is InChI=1S/C8H16O5/c1-3-4-5(9)6(10)7(12-2)8(11)13-4/h4-11H,3H2,1-2H3/t4-,5-,6+,7-,8+/m1/s1. The van der Waals surface area contributed by atoms with Gasteiger partial charge in [0.15, 0.2) is 6.29 Å². The molecular formula is C8H16O5. The van der Waals surface area contributed by atoms with Crippen LogP contribution >= 0.6 is 0 Å². The predicted molar refractivity (Wildman–Crippen MR) is 44.0 cm³/mol. The van der Waals surface area contributed by atoms with E-state index < -0.39 is 30.7 Å². The first kappa shape index (κ1) is 10.9. The van der Waals surface area contributed by atoms with Crippen molar-refractivity contribution < 1.29 is 24.8 Å². The number of aliphatic hydroxyl groups excluding tert-OH is 3. The van der Waals surface area contributed by atoms with Gasteiger partial charge in [-0.15, -0.1) is 0 Å². The Labute approximate surface area is 76.9 Å². The Hall–Kier alpha value is -0.200. The Balaban J connectivity index is 2.66. The highest BCUT2D eigenvalue weighted by Crippen LogP contribution is 2.23. The molecule has 5 heteroatoms. The SMILES string of the molecule is CC[C@H]1O[C@H](O)[C@H](OC)[C@@H](O)[C@@H]1O. The number of ether oxygens (including phenoxy) is 2. The molecule has 1 aliphatic heterocycles. The minimum Gasteiger partial charge on any atom is -0.388 e. The molecule has 1 fully saturated rings. The van der Waals surface area contributed by atoms with Crippen LogP contribution in [-0.4, -0.2) is 53.1 Å². The minimum atomic E-state index is -1.17. The number of rotatable bonds is 2. The molecule has 3 N–H and O–H groups in total. The first-order chi connectivity index (χ1) is 6.11. The van der Waals surface area contributed by atoms with Gasteiger partial charge in [0.1, 0.15) is 18.3 Å². The highest BCUT2D eigenvalue weighted by molar-refractivity contribution is 4.88. The van der Waals surface area contributed by atoms with Gasteiger partial charge in [-0.3, -0.25) is 0 Å². The maximum Gasteiger partial charge on any atom is 0.184 e. The van der Waals surface area contributed by atoms with Crippen molar-refractivity contribution >= 4 is 0 Å². The molecule has 0 unspecified atom stereocenters. The fraction of sp³-hybridized carbons (Fsp3) is 1.00. The van der Waals surface area contributed by atoms with Crippen LogP contribution in [0.3, 0.4) is 0 Å². The third kappa shape index (κ3) is 2.00. The lowest BCUT2D eigenvalue weighted by Gasteiger charge is -2.39. The van der Waals surface area contributed by atoms with Crippen molar-refractivity contribution in [3.8, 4) is 0 Å². The molecule has 0 aromatic rings.